The fourth-order valence-electron chi connectivity index (χ4n) is 1.60. The van der Waals surface area contributed by atoms with Gasteiger partial charge in [0.15, 0.2) is 0 Å². The van der Waals surface area contributed by atoms with E-state index < -0.39 is 8.72 Å². The van der Waals surface area contributed by atoms with E-state index in [4.69, 9.17) is 8.85 Å². The van der Waals surface area contributed by atoms with E-state index in [1.165, 1.54) is 0 Å². The van der Waals surface area contributed by atoms with E-state index in [2.05, 4.69) is 25.0 Å². The highest BCUT2D eigenvalue weighted by molar-refractivity contribution is 6.71. The molecule has 0 fully saturated rings. The van der Waals surface area contributed by atoms with Crippen LogP contribution in [0.15, 0.2) is 11.8 Å². The maximum Gasteiger partial charge on any atom is 0.457 e. The van der Waals surface area contributed by atoms with Gasteiger partial charge in [0.05, 0.1) is 0 Å². The molecular formula is C9H21NO2Si. The molecule has 0 aromatic heterocycles. The zero-order valence-electron chi connectivity index (χ0n) is 9.39. The van der Waals surface area contributed by atoms with Crippen molar-refractivity contribution in [3.05, 3.63) is 11.8 Å². The van der Waals surface area contributed by atoms with Crippen LogP contribution in [-0.2, 0) is 8.85 Å². The molecule has 4 heteroatoms. The van der Waals surface area contributed by atoms with Crippen molar-refractivity contribution in [2.45, 2.75) is 20.8 Å². The lowest BCUT2D eigenvalue weighted by Crippen LogP contribution is -2.58. The third kappa shape index (κ3) is 2.40. The molecule has 0 bridgehead atoms. The van der Waals surface area contributed by atoms with Crippen LogP contribution in [0.1, 0.15) is 20.8 Å². The Bertz CT molecular complexity index is 165. The summed E-state index contributed by atoms with van der Waals surface area (Å²) in [6.07, 6.45) is 0. The van der Waals surface area contributed by atoms with Crippen LogP contribution in [-0.4, -0.2) is 40.6 Å². The Hall–Kier alpha value is -0.163. The highest BCUT2D eigenvalue weighted by atomic mass is 28.4. The molecule has 0 saturated carbocycles. The minimum Gasteiger partial charge on any atom is -0.383 e. The lowest BCUT2D eigenvalue weighted by Gasteiger charge is -2.36. The molecule has 13 heavy (non-hydrogen) atoms. The van der Waals surface area contributed by atoms with Crippen molar-refractivity contribution in [3.8, 4) is 0 Å². The lowest BCUT2D eigenvalue weighted by molar-refractivity contribution is 0.178. The molecule has 78 valence electrons. The summed E-state index contributed by atoms with van der Waals surface area (Å²) >= 11 is 0. The summed E-state index contributed by atoms with van der Waals surface area (Å²) in [5.74, 6) is 0. The van der Waals surface area contributed by atoms with E-state index in [0.717, 1.165) is 18.3 Å². The normalized spacial score (nSPS) is 12.2. The predicted octanol–water partition coefficient (Wildman–Crippen LogP) is 1.68. The third-order valence-corrected chi connectivity index (χ3v) is 5.92. The molecule has 0 amide bonds. The number of nitrogens with zero attached hydrogens (tertiary/aromatic N) is 1. The fourth-order valence-corrected chi connectivity index (χ4v) is 4.35. The summed E-state index contributed by atoms with van der Waals surface area (Å²) in [6.45, 7) is 12.0. The van der Waals surface area contributed by atoms with Gasteiger partial charge in [-0.1, -0.05) is 20.4 Å². The van der Waals surface area contributed by atoms with Gasteiger partial charge in [0, 0.05) is 14.2 Å². The highest BCUT2D eigenvalue weighted by Gasteiger charge is 2.43. The molecule has 0 saturated heterocycles. The van der Waals surface area contributed by atoms with E-state index in [1.54, 1.807) is 14.2 Å². The summed E-state index contributed by atoms with van der Waals surface area (Å²) in [7, 11) is 1.08. The van der Waals surface area contributed by atoms with Gasteiger partial charge in [-0.25, -0.2) is 0 Å². The molecule has 0 aliphatic carbocycles. The quantitative estimate of drug-likeness (QED) is 0.613. The smallest absolute Gasteiger partial charge is 0.383 e. The van der Waals surface area contributed by atoms with Crippen molar-refractivity contribution in [3.63, 3.8) is 0 Å². The molecule has 0 unspecified atom stereocenters. The van der Waals surface area contributed by atoms with Crippen molar-refractivity contribution in [2.75, 3.05) is 27.3 Å². The standard InChI is InChI=1S/C9H21NO2Si/c1-7-10(8-2)13(11-5,12-6)9(3)4/h3,7-8H2,1-2,4-6H3. The Morgan fingerprint density at radius 1 is 1.23 bits per heavy atom. The van der Waals surface area contributed by atoms with Crippen LogP contribution in [0.2, 0.25) is 0 Å². The van der Waals surface area contributed by atoms with Crippen molar-refractivity contribution in [2.24, 2.45) is 0 Å². The molecule has 0 aliphatic rings. The van der Waals surface area contributed by atoms with E-state index in [9.17, 15) is 0 Å². The van der Waals surface area contributed by atoms with Gasteiger partial charge < -0.3 is 8.85 Å². The summed E-state index contributed by atoms with van der Waals surface area (Å²) < 4.78 is 13.3. The Balaban J connectivity index is 4.82. The van der Waals surface area contributed by atoms with Crippen molar-refractivity contribution in [1.29, 1.82) is 0 Å². The monoisotopic (exact) mass is 203 g/mol. The van der Waals surface area contributed by atoms with Crippen molar-refractivity contribution in [1.82, 2.24) is 4.57 Å². The van der Waals surface area contributed by atoms with Gasteiger partial charge in [0.1, 0.15) is 0 Å². The van der Waals surface area contributed by atoms with Crippen LogP contribution in [0.25, 0.3) is 0 Å². The lowest BCUT2D eigenvalue weighted by atomic mass is 10.7. The number of hydrogen-bond donors (Lipinski definition) is 0. The van der Waals surface area contributed by atoms with Crippen LogP contribution >= 0.6 is 0 Å². The van der Waals surface area contributed by atoms with Gasteiger partial charge in [0.25, 0.3) is 0 Å². The third-order valence-electron chi connectivity index (χ3n) is 2.27. The molecule has 0 spiro atoms. The Morgan fingerprint density at radius 2 is 1.62 bits per heavy atom. The minimum atomic E-state index is -2.31. The van der Waals surface area contributed by atoms with Crippen molar-refractivity contribution >= 4 is 8.72 Å². The maximum atomic E-state index is 5.54. The average molecular weight is 203 g/mol. The van der Waals surface area contributed by atoms with Gasteiger partial charge >= 0.3 is 8.72 Å². The molecule has 0 aromatic rings. The molecular weight excluding hydrogens is 182 g/mol. The molecule has 0 heterocycles. The van der Waals surface area contributed by atoms with Gasteiger partial charge in [-0.05, 0) is 25.2 Å². The van der Waals surface area contributed by atoms with E-state index >= 15 is 0 Å². The summed E-state index contributed by atoms with van der Waals surface area (Å²) in [5, 5.41) is 1.00. The van der Waals surface area contributed by atoms with Crippen LogP contribution in [0.5, 0.6) is 0 Å². The van der Waals surface area contributed by atoms with Crippen LogP contribution in [0.3, 0.4) is 0 Å². The zero-order valence-corrected chi connectivity index (χ0v) is 10.4. The van der Waals surface area contributed by atoms with E-state index in [1.807, 2.05) is 6.92 Å². The molecule has 0 aromatic carbocycles. The maximum absolute atomic E-state index is 5.54. The van der Waals surface area contributed by atoms with Gasteiger partial charge in [-0.3, -0.25) is 4.57 Å². The molecule has 0 N–H and O–H groups in total. The summed E-state index contributed by atoms with van der Waals surface area (Å²) in [6, 6.07) is 0. The Morgan fingerprint density at radius 3 is 1.69 bits per heavy atom. The fraction of sp³-hybridized carbons (Fsp3) is 0.778. The minimum absolute atomic E-state index is 0.928. The molecule has 0 aliphatic heterocycles. The first-order valence-electron chi connectivity index (χ1n) is 4.60. The topological polar surface area (TPSA) is 21.7 Å². The SMILES string of the molecule is C=C(C)[Si](OC)(OC)N(CC)CC. The van der Waals surface area contributed by atoms with Crippen LogP contribution in [0, 0.1) is 0 Å². The van der Waals surface area contributed by atoms with E-state index in [-0.39, 0.29) is 0 Å². The Kier molecular flexibility index (Phi) is 5.47. The molecule has 0 rings (SSSR count). The highest BCUT2D eigenvalue weighted by Crippen LogP contribution is 2.19. The predicted molar refractivity (Wildman–Crippen MR) is 57.5 cm³/mol. The van der Waals surface area contributed by atoms with Crippen LogP contribution < -0.4 is 0 Å². The second-order valence-electron chi connectivity index (χ2n) is 2.94. The zero-order chi connectivity index (χ0) is 10.5. The van der Waals surface area contributed by atoms with Crippen LogP contribution in [0.4, 0.5) is 0 Å². The number of hydrogen-bond acceptors (Lipinski definition) is 3. The number of rotatable bonds is 6. The summed E-state index contributed by atoms with van der Waals surface area (Å²) in [5.41, 5.74) is 0. The summed E-state index contributed by atoms with van der Waals surface area (Å²) in [4.78, 5) is 0. The molecule has 0 radical (unpaired) electrons. The first-order valence-corrected chi connectivity index (χ1v) is 6.36. The van der Waals surface area contributed by atoms with Gasteiger partial charge in [-0.15, -0.1) is 0 Å². The first-order chi connectivity index (χ1) is 6.08. The van der Waals surface area contributed by atoms with Gasteiger partial charge in [-0.2, -0.15) is 0 Å². The molecule has 3 nitrogen and oxygen atoms in total. The first kappa shape index (κ1) is 12.8. The van der Waals surface area contributed by atoms with E-state index in [0.29, 0.717) is 0 Å². The number of allylic oxidation sites excluding steroid dienone is 1. The molecule has 0 atom stereocenters. The second-order valence-corrected chi connectivity index (χ2v) is 6.41. The van der Waals surface area contributed by atoms with Crippen molar-refractivity contribution < 1.29 is 8.85 Å². The Labute approximate surface area is 82.7 Å². The van der Waals surface area contributed by atoms with Gasteiger partial charge in [0.2, 0.25) is 0 Å². The second kappa shape index (κ2) is 5.54. The largest absolute Gasteiger partial charge is 0.457 e. The average Bonchev–Trinajstić information content (AvgIpc) is 2.13.